The van der Waals surface area contributed by atoms with Crippen LogP contribution < -0.4 is 9.62 Å². The highest BCUT2D eigenvalue weighted by Gasteiger charge is 2.35. The molecule has 0 aromatic heterocycles. The molecule has 0 aliphatic carbocycles. The van der Waals surface area contributed by atoms with Crippen LogP contribution in [0.1, 0.15) is 35.6 Å². The molecule has 4 aromatic carbocycles. The molecule has 0 fully saturated rings. The first-order chi connectivity index (χ1) is 21.5. The van der Waals surface area contributed by atoms with Crippen LogP contribution in [0.4, 0.5) is 5.69 Å². The van der Waals surface area contributed by atoms with Crippen LogP contribution >= 0.6 is 23.2 Å². The molecule has 1 N–H and O–H groups in total. The van der Waals surface area contributed by atoms with Crippen LogP contribution in [0.5, 0.6) is 0 Å². The molecule has 4 rings (SSSR count). The van der Waals surface area contributed by atoms with E-state index in [4.69, 9.17) is 23.2 Å². The van der Waals surface area contributed by atoms with Crippen molar-refractivity contribution in [2.75, 3.05) is 17.4 Å². The first-order valence-electron chi connectivity index (χ1n) is 14.7. The van der Waals surface area contributed by atoms with Gasteiger partial charge >= 0.3 is 0 Å². The number of carbonyl (C=O) groups excluding carboxylic acids is 2. The van der Waals surface area contributed by atoms with Crippen molar-refractivity contribution in [2.45, 2.75) is 51.1 Å². The van der Waals surface area contributed by atoms with Gasteiger partial charge in [0, 0.05) is 35.1 Å². The van der Waals surface area contributed by atoms with Gasteiger partial charge in [-0.2, -0.15) is 0 Å². The van der Waals surface area contributed by atoms with Crippen LogP contribution in [0.25, 0.3) is 0 Å². The van der Waals surface area contributed by atoms with Gasteiger partial charge in [0.25, 0.3) is 10.0 Å². The van der Waals surface area contributed by atoms with Crippen LogP contribution in [0.15, 0.2) is 102 Å². The number of halogens is 2. The van der Waals surface area contributed by atoms with E-state index in [1.807, 2.05) is 57.2 Å². The van der Waals surface area contributed by atoms with Crippen molar-refractivity contribution in [1.82, 2.24) is 10.2 Å². The minimum Gasteiger partial charge on any atom is -0.354 e. The highest BCUT2D eigenvalue weighted by atomic mass is 35.5. The quantitative estimate of drug-likeness (QED) is 0.167. The van der Waals surface area contributed by atoms with E-state index in [1.54, 1.807) is 48.5 Å². The summed E-state index contributed by atoms with van der Waals surface area (Å²) in [6.45, 7) is 5.40. The summed E-state index contributed by atoms with van der Waals surface area (Å²) >= 11 is 13.1. The van der Waals surface area contributed by atoms with E-state index in [2.05, 4.69) is 5.32 Å². The van der Waals surface area contributed by atoms with E-state index in [0.29, 0.717) is 34.3 Å². The number of rotatable bonds is 13. The average Bonchev–Trinajstić information content (AvgIpc) is 3.02. The molecule has 10 heteroatoms. The van der Waals surface area contributed by atoms with Crippen LogP contribution in [0.2, 0.25) is 10.0 Å². The van der Waals surface area contributed by atoms with E-state index in [1.165, 1.54) is 17.0 Å². The standard InChI is InChI=1S/C35H37Cl2N3O4S/c1-4-20-38-35(42)33(22-27-11-6-5-7-12-27)39(23-30-31(36)14-9-15-32(30)37)34(41)24-40(28-13-8-10-26(3)21-28)45(43,44)29-18-16-25(2)17-19-29/h5-19,21,33H,4,20,22-24H2,1-3H3,(H,38,42). The normalized spacial score (nSPS) is 11.9. The molecular weight excluding hydrogens is 629 g/mol. The number of nitrogens with one attached hydrogen (secondary N) is 1. The van der Waals surface area contributed by atoms with Crippen molar-refractivity contribution < 1.29 is 18.0 Å². The number of anilines is 1. The lowest BCUT2D eigenvalue weighted by Crippen LogP contribution is -2.53. The number of carbonyl (C=O) groups is 2. The van der Waals surface area contributed by atoms with Crippen LogP contribution in [0, 0.1) is 13.8 Å². The summed E-state index contributed by atoms with van der Waals surface area (Å²) in [7, 11) is -4.19. The summed E-state index contributed by atoms with van der Waals surface area (Å²) in [5.41, 5.74) is 3.34. The molecule has 0 radical (unpaired) electrons. The Kier molecular flexibility index (Phi) is 11.7. The van der Waals surface area contributed by atoms with Gasteiger partial charge in [0.15, 0.2) is 0 Å². The highest BCUT2D eigenvalue weighted by molar-refractivity contribution is 7.92. The average molecular weight is 667 g/mol. The van der Waals surface area contributed by atoms with Gasteiger partial charge in [-0.3, -0.25) is 13.9 Å². The summed E-state index contributed by atoms with van der Waals surface area (Å²) in [4.78, 5) is 29.7. The van der Waals surface area contributed by atoms with Gasteiger partial charge in [0.1, 0.15) is 12.6 Å². The van der Waals surface area contributed by atoms with Crippen molar-refractivity contribution in [1.29, 1.82) is 0 Å². The van der Waals surface area contributed by atoms with Crippen molar-refractivity contribution in [3.8, 4) is 0 Å². The second-order valence-corrected chi connectivity index (χ2v) is 13.6. The third kappa shape index (κ3) is 8.66. The maximum absolute atomic E-state index is 14.5. The number of sulfonamides is 1. The zero-order valence-corrected chi connectivity index (χ0v) is 27.9. The SMILES string of the molecule is CCCNC(=O)C(Cc1ccccc1)N(Cc1c(Cl)cccc1Cl)C(=O)CN(c1cccc(C)c1)S(=O)(=O)c1ccc(C)cc1. The topological polar surface area (TPSA) is 86.8 Å². The van der Waals surface area contributed by atoms with E-state index < -0.39 is 28.5 Å². The molecule has 1 unspecified atom stereocenters. The van der Waals surface area contributed by atoms with Crippen molar-refractivity contribution in [3.63, 3.8) is 0 Å². The van der Waals surface area contributed by atoms with Gasteiger partial charge in [-0.15, -0.1) is 0 Å². The largest absolute Gasteiger partial charge is 0.354 e. The molecule has 2 amide bonds. The third-order valence-corrected chi connectivity index (χ3v) is 9.88. The maximum atomic E-state index is 14.5. The zero-order chi connectivity index (χ0) is 32.6. The van der Waals surface area contributed by atoms with Gasteiger partial charge < -0.3 is 10.2 Å². The highest BCUT2D eigenvalue weighted by Crippen LogP contribution is 2.29. The maximum Gasteiger partial charge on any atom is 0.264 e. The number of amides is 2. The molecule has 0 aliphatic rings. The Balaban J connectivity index is 1.83. The molecule has 236 valence electrons. The first kappa shape index (κ1) is 34.0. The summed E-state index contributed by atoms with van der Waals surface area (Å²) in [5, 5.41) is 3.58. The molecule has 0 spiro atoms. The monoisotopic (exact) mass is 665 g/mol. The van der Waals surface area contributed by atoms with Gasteiger partial charge in [-0.05, 0) is 67.8 Å². The fourth-order valence-corrected chi connectivity index (χ4v) is 6.85. The number of benzene rings is 4. The number of hydrogen-bond acceptors (Lipinski definition) is 4. The van der Waals surface area contributed by atoms with E-state index in [9.17, 15) is 18.0 Å². The second-order valence-electron chi connectivity index (χ2n) is 10.9. The van der Waals surface area contributed by atoms with Crippen LogP contribution in [-0.4, -0.2) is 44.3 Å². The molecule has 7 nitrogen and oxygen atoms in total. The minimum atomic E-state index is -4.19. The molecule has 1 atom stereocenters. The predicted molar refractivity (Wildman–Crippen MR) is 181 cm³/mol. The molecule has 0 aliphatic heterocycles. The predicted octanol–water partition coefficient (Wildman–Crippen LogP) is 6.97. The lowest BCUT2D eigenvalue weighted by atomic mass is 10.0. The Morgan fingerprint density at radius 3 is 2.09 bits per heavy atom. The molecule has 0 saturated carbocycles. The molecule has 45 heavy (non-hydrogen) atoms. The Labute approximate surface area is 275 Å². The zero-order valence-electron chi connectivity index (χ0n) is 25.5. The van der Waals surface area contributed by atoms with Gasteiger partial charge in [-0.25, -0.2) is 8.42 Å². The summed E-state index contributed by atoms with van der Waals surface area (Å²) in [6, 6.07) is 26.8. The molecule has 0 saturated heterocycles. The smallest absolute Gasteiger partial charge is 0.264 e. The summed E-state index contributed by atoms with van der Waals surface area (Å²) < 4.78 is 29.4. The van der Waals surface area contributed by atoms with E-state index >= 15 is 0 Å². The van der Waals surface area contributed by atoms with Gasteiger partial charge in [0.2, 0.25) is 11.8 Å². The van der Waals surface area contributed by atoms with Crippen LogP contribution in [-0.2, 0) is 32.6 Å². The molecule has 4 aromatic rings. The van der Waals surface area contributed by atoms with Crippen molar-refractivity contribution in [3.05, 3.63) is 129 Å². The Morgan fingerprint density at radius 2 is 1.47 bits per heavy atom. The minimum absolute atomic E-state index is 0.0460. The van der Waals surface area contributed by atoms with Gasteiger partial charge in [0.05, 0.1) is 10.6 Å². The first-order valence-corrected chi connectivity index (χ1v) is 16.9. The number of hydrogen-bond donors (Lipinski definition) is 1. The number of aryl methyl sites for hydroxylation is 2. The Hall–Kier alpha value is -3.85. The second kappa shape index (κ2) is 15.4. The molecule has 0 bridgehead atoms. The lowest BCUT2D eigenvalue weighted by molar-refractivity contribution is -0.140. The fourth-order valence-electron chi connectivity index (χ4n) is 4.92. The third-order valence-electron chi connectivity index (χ3n) is 7.39. The summed E-state index contributed by atoms with van der Waals surface area (Å²) in [5.74, 6) is -0.948. The summed E-state index contributed by atoms with van der Waals surface area (Å²) in [6.07, 6.45) is 0.892. The van der Waals surface area contributed by atoms with Crippen LogP contribution in [0.3, 0.4) is 0 Å². The Morgan fingerprint density at radius 1 is 0.822 bits per heavy atom. The van der Waals surface area contributed by atoms with E-state index in [0.717, 1.165) is 21.0 Å². The van der Waals surface area contributed by atoms with Crippen molar-refractivity contribution in [2.24, 2.45) is 0 Å². The molecule has 0 heterocycles. The van der Waals surface area contributed by atoms with Crippen molar-refractivity contribution >= 4 is 50.7 Å². The lowest BCUT2D eigenvalue weighted by Gasteiger charge is -2.34. The fraction of sp³-hybridized carbons (Fsp3) is 0.257. The van der Waals surface area contributed by atoms with Gasteiger partial charge in [-0.1, -0.05) is 96.4 Å². The molecular formula is C35H37Cl2N3O4S. The Bertz CT molecular complexity index is 1710. The van der Waals surface area contributed by atoms with E-state index in [-0.39, 0.29) is 23.8 Å². The number of nitrogens with zero attached hydrogens (tertiary/aromatic N) is 2.